The fourth-order valence-electron chi connectivity index (χ4n) is 3.22. The third-order valence-electron chi connectivity index (χ3n) is 5.04. The molecule has 1 fully saturated rings. The molecule has 2 amide bonds. The number of nitrogens with zero attached hydrogens (tertiary/aromatic N) is 1. The zero-order valence-corrected chi connectivity index (χ0v) is 17.4. The molecule has 0 radical (unpaired) electrons. The lowest BCUT2D eigenvalue weighted by atomic mass is 10.1. The standard InChI is InChI=1S/C23H31N3O3/c1-3-5-13-26(16-19-7-6-14-29-19)21-11-10-18(25-22(27)17-8-9-17)15-20(21)23(28)24-12-4-2/h6-7,10-11,14-15,17H,3-5,8-9,12-13,16H2,1-2H3,(H,24,28)(H,25,27). The largest absolute Gasteiger partial charge is 0.467 e. The van der Waals surface area contributed by atoms with Crippen LogP contribution in [0.25, 0.3) is 0 Å². The van der Waals surface area contributed by atoms with Crippen molar-refractivity contribution in [1.29, 1.82) is 0 Å². The van der Waals surface area contributed by atoms with Crippen LogP contribution in [0.2, 0.25) is 0 Å². The van der Waals surface area contributed by atoms with E-state index >= 15 is 0 Å². The summed E-state index contributed by atoms with van der Waals surface area (Å²) in [6.45, 7) is 6.20. The summed E-state index contributed by atoms with van der Waals surface area (Å²) in [5.41, 5.74) is 2.10. The minimum absolute atomic E-state index is 0.0380. The monoisotopic (exact) mass is 397 g/mol. The Hall–Kier alpha value is -2.76. The van der Waals surface area contributed by atoms with E-state index in [2.05, 4.69) is 22.5 Å². The van der Waals surface area contributed by atoms with Crippen LogP contribution in [0.1, 0.15) is 62.1 Å². The molecule has 0 atom stereocenters. The van der Waals surface area contributed by atoms with E-state index in [4.69, 9.17) is 4.42 Å². The van der Waals surface area contributed by atoms with Gasteiger partial charge in [-0.15, -0.1) is 0 Å². The summed E-state index contributed by atoms with van der Waals surface area (Å²) >= 11 is 0. The number of furan rings is 1. The summed E-state index contributed by atoms with van der Waals surface area (Å²) in [5, 5.41) is 5.93. The number of carbonyl (C=O) groups excluding carboxylic acids is 2. The number of carbonyl (C=O) groups is 2. The normalized spacial score (nSPS) is 13.2. The minimum Gasteiger partial charge on any atom is -0.467 e. The first-order valence-electron chi connectivity index (χ1n) is 10.6. The molecule has 156 valence electrons. The summed E-state index contributed by atoms with van der Waals surface area (Å²) in [6, 6.07) is 9.43. The van der Waals surface area contributed by atoms with Gasteiger partial charge in [0.25, 0.3) is 5.91 Å². The second-order valence-corrected chi connectivity index (χ2v) is 7.61. The van der Waals surface area contributed by atoms with Gasteiger partial charge in [-0.25, -0.2) is 0 Å². The Morgan fingerprint density at radius 3 is 2.66 bits per heavy atom. The lowest BCUT2D eigenvalue weighted by molar-refractivity contribution is -0.117. The Labute approximate surface area is 172 Å². The highest BCUT2D eigenvalue weighted by Crippen LogP contribution is 2.31. The molecule has 2 N–H and O–H groups in total. The fraction of sp³-hybridized carbons (Fsp3) is 0.478. The molecular formula is C23H31N3O3. The van der Waals surface area contributed by atoms with Gasteiger partial charge in [-0.1, -0.05) is 20.3 Å². The first-order valence-corrected chi connectivity index (χ1v) is 10.6. The molecule has 29 heavy (non-hydrogen) atoms. The van der Waals surface area contributed by atoms with Crippen LogP contribution < -0.4 is 15.5 Å². The highest BCUT2D eigenvalue weighted by molar-refractivity contribution is 6.02. The van der Waals surface area contributed by atoms with E-state index in [1.807, 2.05) is 31.2 Å². The number of anilines is 2. The van der Waals surface area contributed by atoms with E-state index in [1.54, 1.807) is 12.3 Å². The Bertz CT molecular complexity index is 813. The van der Waals surface area contributed by atoms with Crippen molar-refractivity contribution in [2.24, 2.45) is 5.92 Å². The maximum absolute atomic E-state index is 12.9. The highest BCUT2D eigenvalue weighted by atomic mass is 16.3. The van der Waals surface area contributed by atoms with Gasteiger partial charge in [-0.3, -0.25) is 9.59 Å². The summed E-state index contributed by atoms with van der Waals surface area (Å²) in [6.07, 6.45) is 6.49. The van der Waals surface area contributed by atoms with Crippen molar-refractivity contribution >= 4 is 23.2 Å². The van der Waals surface area contributed by atoms with Crippen molar-refractivity contribution in [2.45, 2.75) is 52.5 Å². The summed E-state index contributed by atoms with van der Waals surface area (Å²) in [7, 11) is 0. The Morgan fingerprint density at radius 2 is 2.00 bits per heavy atom. The third kappa shape index (κ3) is 5.86. The zero-order chi connectivity index (χ0) is 20.6. The lowest BCUT2D eigenvalue weighted by Gasteiger charge is -2.26. The van der Waals surface area contributed by atoms with Crippen molar-refractivity contribution < 1.29 is 14.0 Å². The SMILES string of the molecule is CCCCN(Cc1ccco1)c1ccc(NC(=O)C2CC2)cc1C(=O)NCCC. The van der Waals surface area contributed by atoms with E-state index in [9.17, 15) is 9.59 Å². The van der Waals surface area contributed by atoms with Crippen molar-refractivity contribution in [1.82, 2.24) is 5.32 Å². The van der Waals surface area contributed by atoms with E-state index < -0.39 is 0 Å². The predicted molar refractivity (Wildman–Crippen MR) is 115 cm³/mol. The van der Waals surface area contributed by atoms with Crippen molar-refractivity contribution in [3.05, 3.63) is 47.9 Å². The molecule has 6 nitrogen and oxygen atoms in total. The van der Waals surface area contributed by atoms with Crippen LogP contribution in [0.3, 0.4) is 0 Å². The molecule has 0 bridgehead atoms. The van der Waals surface area contributed by atoms with Gasteiger partial charge in [-0.05, 0) is 56.0 Å². The lowest BCUT2D eigenvalue weighted by Crippen LogP contribution is -2.30. The smallest absolute Gasteiger partial charge is 0.253 e. The number of hydrogen-bond acceptors (Lipinski definition) is 4. The van der Waals surface area contributed by atoms with E-state index in [-0.39, 0.29) is 17.7 Å². The molecule has 1 aromatic heterocycles. The molecule has 6 heteroatoms. The van der Waals surface area contributed by atoms with Gasteiger partial charge < -0.3 is 20.0 Å². The van der Waals surface area contributed by atoms with E-state index in [0.717, 1.165) is 50.1 Å². The van der Waals surface area contributed by atoms with Crippen LogP contribution >= 0.6 is 0 Å². The number of unbranched alkanes of at least 4 members (excludes halogenated alkanes) is 1. The van der Waals surface area contributed by atoms with Crippen LogP contribution in [0.5, 0.6) is 0 Å². The average Bonchev–Trinajstić information content (AvgIpc) is 3.46. The molecule has 0 spiro atoms. The van der Waals surface area contributed by atoms with Crippen LogP contribution in [-0.4, -0.2) is 24.9 Å². The summed E-state index contributed by atoms with van der Waals surface area (Å²) < 4.78 is 5.54. The Morgan fingerprint density at radius 1 is 1.17 bits per heavy atom. The number of hydrogen-bond donors (Lipinski definition) is 2. The van der Waals surface area contributed by atoms with Crippen molar-refractivity contribution in [3.8, 4) is 0 Å². The van der Waals surface area contributed by atoms with Crippen molar-refractivity contribution in [2.75, 3.05) is 23.3 Å². The second-order valence-electron chi connectivity index (χ2n) is 7.61. The molecule has 3 rings (SSSR count). The molecule has 0 aliphatic heterocycles. The minimum atomic E-state index is -0.120. The molecule has 1 aromatic carbocycles. The molecule has 1 aliphatic carbocycles. The van der Waals surface area contributed by atoms with Gasteiger partial charge in [0.15, 0.2) is 0 Å². The van der Waals surface area contributed by atoms with Gasteiger partial charge in [0.1, 0.15) is 5.76 Å². The first-order chi connectivity index (χ1) is 14.1. The summed E-state index contributed by atoms with van der Waals surface area (Å²) in [5.74, 6) is 0.889. The van der Waals surface area contributed by atoms with Gasteiger partial charge >= 0.3 is 0 Å². The van der Waals surface area contributed by atoms with Crippen LogP contribution in [0.4, 0.5) is 11.4 Å². The number of nitrogens with one attached hydrogen (secondary N) is 2. The molecule has 2 aromatic rings. The molecule has 1 heterocycles. The average molecular weight is 398 g/mol. The molecule has 0 unspecified atom stereocenters. The maximum Gasteiger partial charge on any atom is 0.253 e. The maximum atomic E-state index is 12.9. The van der Waals surface area contributed by atoms with Gasteiger partial charge in [0.2, 0.25) is 5.91 Å². The Kier molecular flexibility index (Phi) is 7.33. The van der Waals surface area contributed by atoms with Gasteiger partial charge in [0.05, 0.1) is 24.1 Å². The second kappa shape index (κ2) is 10.1. The van der Waals surface area contributed by atoms with E-state index in [1.165, 1.54) is 0 Å². The molecule has 1 aliphatic rings. The van der Waals surface area contributed by atoms with Gasteiger partial charge in [0, 0.05) is 24.7 Å². The quantitative estimate of drug-likeness (QED) is 0.582. The Balaban J connectivity index is 1.89. The highest BCUT2D eigenvalue weighted by Gasteiger charge is 2.30. The number of rotatable bonds is 11. The number of amides is 2. The third-order valence-corrected chi connectivity index (χ3v) is 5.04. The zero-order valence-electron chi connectivity index (χ0n) is 17.4. The van der Waals surface area contributed by atoms with Crippen molar-refractivity contribution in [3.63, 3.8) is 0 Å². The predicted octanol–water partition coefficient (Wildman–Crippen LogP) is 4.57. The van der Waals surface area contributed by atoms with Gasteiger partial charge in [-0.2, -0.15) is 0 Å². The molecular weight excluding hydrogens is 366 g/mol. The van der Waals surface area contributed by atoms with E-state index in [0.29, 0.717) is 24.3 Å². The molecule has 1 saturated carbocycles. The first kappa shape index (κ1) is 21.0. The fourth-order valence-corrected chi connectivity index (χ4v) is 3.22. The molecule has 0 saturated heterocycles. The topological polar surface area (TPSA) is 74.6 Å². The summed E-state index contributed by atoms with van der Waals surface area (Å²) in [4.78, 5) is 27.3. The van der Waals surface area contributed by atoms with Crippen LogP contribution in [0, 0.1) is 5.92 Å². The number of benzene rings is 1. The van der Waals surface area contributed by atoms with Crippen LogP contribution in [-0.2, 0) is 11.3 Å². The van der Waals surface area contributed by atoms with Crippen LogP contribution in [0.15, 0.2) is 41.0 Å².